The van der Waals surface area contributed by atoms with Crippen molar-refractivity contribution in [3.8, 4) is 5.75 Å². The molecule has 140 valence electrons. The van der Waals surface area contributed by atoms with Crippen LogP contribution in [0.15, 0.2) is 53.1 Å². The molecule has 0 bridgehead atoms. The van der Waals surface area contributed by atoms with Crippen LogP contribution in [-0.4, -0.2) is 41.9 Å². The normalized spacial score (nSPS) is 10.7. The van der Waals surface area contributed by atoms with E-state index in [1.165, 1.54) is 5.56 Å². The monoisotopic (exact) mass is 417 g/mol. The van der Waals surface area contributed by atoms with Crippen molar-refractivity contribution in [2.24, 2.45) is 0 Å². The van der Waals surface area contributed by atoms with E-state index in [2.05, 4.69) is 44.3 Å². The van der Waals surface area contributed by atoms with E-state index in [-0.39, 0.29) is 0 Å². The Morgan fingerprint density at radius 1 is 1.08 bits per heavy atom. The van der Waals surface area contributed by atoms with Crippen LogP contribution in [0, 0.1) is 0 Å². The van der Waals surface area contributed by atoms with Gasteiger partial charge in [-0.2, -0.15) is 5.10 Å². The van der Waals surface area contributed by atoms with Gasteiger partial charge in [0.25, 0.3) is 0 Å². The maximum absolute atomic E-state index is 5.72. The lowest BCUT2D eigenvalue weighted by atomic mass is 10.1. The molecule has 26 heavy (non-hydrogen) atoms. The first-order chi connectivity index (χ1) is 12.6. The highest BCUT2D eigenvalue weighted by Gasteiger charge is 2.04. The SMILES string of the molecule is CC.CN(C)CCOc1ccc(CCn2cc3c(Br)cccc3n2)cc1. The molecule has 0 aliphatic heterocycles. The zero-order chi connectivity index (χ0) is 18.9. The Morgan fingerprint density at radius 3 is 2.46 bits per heavy atom. The fourth-order valence-electron chi connectivity index (χ4n) is 2.51. The minimum Gasteiger partial charge on any atom is -0.492 e. The lowest BCUT2D eigenvalue weighted by molar-refractivity contribution is 0.261. The first kappa shape index (κ1) is 20.5. The van der Waals surface area contributed by atoms with Crippen LogP contribution < -0.4 is 4.74 Å². The molecule has 0 saturated carbocycles. The molecule has 0 atom stereocenters. The first-order valence-electron chi connectivity index (χ1n) is 9.10. The minimum atomic E-state index is 0.709. The molecular formula is C21H28BrN3O. The molecule has 0 radical (unpaired) electrons. The van der Waals surface area contributed by atoms with Gasteiger partial charge in [-0.15, -0.1) is 0 Å². The minimum absolute atomic E-state index is 0.709. The molecular weight excluding hydrogens is 390 g/mol. The van der Waals surface area contributed by atoms with Gasteiger partial charge >= 0.3 is 0 Å². The van der Waals surface area contributed by atoms with Crippen molar-refractivity contribution in [2.75, 3.05) is 27.2 Å². The fraction of sp³-hybridized carbons (Fsp3) is 0.381. The summed E-state index contributed by atoms with van der Waals surface area (Å²) in [4.78, 5) is 2.11. The third-order valence-electron chi connectivity index (χ3n) is 3.90. The number of rotatable bonds is 7. The Labute approximate surface area is 164 Å². The standard InChI is InChI=1S/C19H22BrN3O.C2H6/c1-22(2)12-13-24-16-8-6-15(7-9-16)10-11-23-14-17-18(20)4-3-5-19(17)21-23;1-2/h3-9,14H,10-13H2,1-2H3;1-2H3. The average molecular weight is 418 g/mol. The summed E-state index contributed by atoms with van der Waals surface area (Å²) in [6.45, 7) is 6.49. The molecule has 0 aliphatic rings. The third-order valence-corrected chi connectivity index (χ3v) is 4.60. The van der Waals surface area contributed by atoms with Crippen molar-refractivity contribution in [1.29, 1.82) is 0 Å². The number of nitrogens with zero attached hydrogens (tertiary/aromatic N) is 3. The summed E-state index contributed by atoms with van der Waals surface area (Å²) in [6.07, 6.45) is 3.04. The Morgan fingerprint density at radius 2 is 1.81 bits per heavy atom. The van der Waals surface area contributed by atoms with Crippen LogP contribution >= 0.6 is 15.9 Å². The van der Waals surface area contributed by atoms with Crippen LogP contribution in [0.1, 0.15) is 19.4 Å². The molecule has 0 unspecified atom stereocenters. The van der Waals surface area contributed by atoms with Crippen molar-refractivity contribution in [2.45, 2.75) is 26.8 Å². The van der Waals surface area contributed by atoms with Gasteiger partial charge in [0, 0.05) is 29.1 Å². The number of halogens is 1. The second kappa shape index (κ2) is 10.3. The molecule has 5 heteroatoms. The summed E-state index contributed by atoms with van der Waals surface area (Å²) in [5.41, 5.74) is 2.31. The summed E-state index contributed by atoms with van der Waals surface area (Å²) in [5.74, 6) is 0.925. The second-order valence-corrected chi connectivity index (χ2v) is 6.96. The number of ether oxygens (including phenoxy) is 1. The van der Waals surface area contributed by atoms with Gasteiger partial charge in [0.15, 0.2) is 0 Å². The van der Waals surface area contributed by atoms with Crippen LogP contribution in [0.4, 0.5) is 0 Å². The van der Waals surface area contributed by atoms with Gasteiger partial charge in [-0.05, 0) is 50.3 Å². The number of fused-ring (bicyclic) bond motifs is 1. The summed E-state index contributed by atoms with van der Waals surface area (Å²) in [5, 5.41) is 5.78. The predicted octanol–water partition coefficient (Wildman–Crippen LogP) is 5.01. The molecule has 0 amide bonds. The van der Waals surface area contributed by atoms with E-state index in [1.807, 2.05) is 63.0 Å². The van der Waals surface area contributed by atoms with Crippen molar-refractivity contribution < 1.29 is 4.74 Å². The Bertz CT molecular complexity index is 797. The summed E-state index contributed by atoms with van der Waals surface area (Å²) in [7, 11) is 4.09. The molecule has 1 aromatic heterocycles. The Hall–Kier alpha value is -1.85. The van der Waals surface area contributed by atoms with Gasteiger partial charge < -0.3 is 9.64 Å². The Kier molecular flexibility index (Phi) is 8.13. The molecule has 0 fully saturated rings. The van der Waals surface area contributed by atoms with E-state index in [0.717, 1.165) is 40.6 Å². The van der Waals surface area contributed by atoms with Gasteiger partial charge in [0.1, 0.15) is 12.4 Å². The molecule has 2 aromatic carbocycles. The highest BCUT2D eigenvalue weighted by molar-refractivity contribution is 9.10. The maximum Gasteiger partial charge on any atom is 0.119 e. The number of aromatic nitrogens is 2. The number of hydrogen-bond acceptors (Lipinski definition) is 3. The topological polar surface area (TPSA) is 30.3 Å². The van der Waals surface area contributed by atoms with Crippen LogP contribution in [-0.2, 0) is 13.0 Å². The zero-order valence-corrected chi connectivity index (χ0v) is 17.7. The van der Waals surface area contributed by atoms with Gasteiger partial charge in [0.2, 0.25) is 0 Å². The largest absolute Gasteiger partial charge is 0.492 e. The van der Waals surface area contributed by atoms with E-state index in [9.17, 15) is 0 Å². The number of aryl methyl sites for hydroxylation is 2. The van der Waals surface area contributed by atoms with Crippen LogP contribution in [0.2, 0.25) is 0 Å². The van der Waals surface area contributed by atoms with E-state index >= 15 is 0 Å². The summed E-state index contributed by atoms with van der Waals surface area (Å²) >= 11 is 3.57. The van der Waals surface area contributed by atoms with E-state index in [1.54, 1.807) is 0 Å². The van der Waals surface area contributed by atoms with E-state index in [0.29, 0.717) is 6.61 Å². The second-order valence-electron chi connectivity index (χ2n) is 6.11. The molecule has 3 rings (SSSR count). The number of benzene rings is 2. The number of likely N-dealkylation sites (N-methyl/N-ethyl adjacent to an activating group) is 1. The fourth-order valence-corrected chi connectivity index (χ4v) is 2.97. The summed E-state index contributed by atoms with van der Waals surface area (Å²) < 4.78 is 8.82. The van der Waals surface area contributed by atoms with Gasteiger partial charge in [-0.3, -0.25) is 4.68 Å². The average Bonchev–Trinajstić information content (AvgIpc) is 3.07. The van der Waals surface area contributed by atoms with Crippen molar-refractivity contribution in [1.82, 2.24) is 14.7 Å². The van der Waals surface area contributed by atoms with Crippen molar-refractivity contribution in [3.05, 3.63) is 58.7 Å². The smallest absolute Gasteiger partial charge is 0.119 e. The lowest BCUT2D eigenvalue weighted by Crippen LogP contribution is -2.19. The highest BCUT2D eigenvalue weighted by atomic mass is 79.9. The molecule has 0 saturated heterocycles. The van der Waals surface area contributed by atoms with Gasteiger partial charge in [-0.25, -0.2) is 0 Å². The third kappa shape index (κ3) is 5.85. The van der Waals surface area contributed by atoms with Crippen molar-refractivity contribution in [3.63, 3.8) is 0 Å². The lowest BCUT2D eigenvalue weighted by Gasteiger charge is -2.11. The van der Waals surface area contributed by atoms with Crippen LogP contribution in [0.3, 0.4) is 0 Å². The molecule has 1 heterocycles. The van der Waals surface area contributed by atoms with E-state index < -0.39 is 0 Å². The highest BCUT2D eigenvalue weighted by Crippen LogP contribution is 2.22. The van der Waals surface area contributed by atoms with Gasteiger partial charge in [-0.1, -0.05) is 48.0 Å². The summed E-state index contributed by atoms with van der Waals surface area (Å²) in [6, 6.07) is 14.4. The van der Waals surface area contributed by atoms with Crippen LogP contribution in [0.25, 0.3) is 10.9 Å². The van der Waals surface area contributed by atoms with E-state index in [4.69, 9.17) is 4.74 Å². The molecule has 0 spiro atoms. The molecule has 0 N–H and O–H groups in total. The number of hydrogen-bond donors (Lipinski definition) is 0. The maximum atomic E-state index is 5.72. The van der Waals surface area contributed by atoms with Crippen LogP contribution in [0.5, 0.6) is 5.75 Å². The first-order valence-corrected chi connectivity index (χ1v) is 9.89. The van der Waals surface area contributed by atoms with Crippen molar-refractivity contribution >= 4 is 26.8 Å². The Balaban J connectivity index is 0.00000117. The molecule has 3 aromatic rings. The zero-order valence-electron chi connectivity index (χ0n) is 16.1. The predicted molar refractivity (Wildman–Crippen MR) is 113 cm³/mol. The quantitative estimate of drug-likeness (QED) is 0.541. The molecule has 0 aliphatic carbocycles. The van der Waals surface area contributed by atoms with Gasteiger partial charge in [0.05, 0.1) is 5.52 Å². The molecule has 4 nitrogen and oxygen atoms in total.